The van der Waals surface area contributed by atoms with E-state index in [0.29, 0.717) is 42.2 Å². The van der Waals surface area contributed by atoms with E-state index in [2.05, 4.69) is 0 Å². The number of fused-ring (bicyclic) bond motifs is 1. The topological polar surface area (TPSA) is 55.2 Å². The van der Waals surface area contributed by atoms with Gasteiger partial charge in [-0.2, -0.15) is 0 Å². The van der Waals surface area contributed by atoms with Gasteiger partial charge < -0.3 is 4.90 Å². The zero-order valence-corrected chi connectivity index (χ0v) is 19.2. The summed E-state index contributed by atoms with van der Waals surface area (Å²) in [4.78, 5) is 33.4. The zero-order valence-electron chi connectivity index (χ0n) is 19.2. The maximum Gasteiger partial charge on any atom is 0.261 e. The van der Waals surface area contributed by atoms with Crippen LogP contribution < -0.4 is 5.56 Å². The number of para-hydroxylation sites is 1. The molecule has 1 aliphatic carbocycles. The Kier molecular flexibility index (Phi) is 7.03. The summed E-state index contributed by atoms with van der Waals surface area (Å²) in [5.74, 6) is 1.46. The first-order valence-electron chi connectivity index (χ1n) is 11.9. The molecular formula is C27H33N3O2. The SMILES string of the molecule is CCn1c(C(C)N(Cc2ccccc2)C(=O)CCC2CCCC2)nc2ccccc2c1=O. The van der Waals surface area contributed by atoms with Gasteiger partial charge in [0.1, 0.15) is 5.82 Å². The van der Waals surface area contributed by atoms with Crippen molar-refractivity contribution in [3.63, 3.8) is 0 Å². The smallest absolute Gasteiger partial charge is 0.261 e. The first-order valence-corrected chi connectivity index (χ1v) is 11.9. The Morgan fingerprint density at radius 1 is 1.09 bits per heavy atom. The van der Waals surface area contributed by atoms with Gasteiger partial charge >= 0.3 is 0 Å². The molecule has 32 heavy (non-hydrogen) atoms. The minimum Gasteiger partial charge on any atom is -0.328 e. The summed E-state index contributed by atoms with van der Waals surface area (Å²) in [5.41, 5.74) is 1.72. The number of amides is 1. The highest BCUT2D eigenvalue weighted by Gasteiger charge is 2.27. The summed E-state index contributed by atoms with van der Waals surface area (Å²) in [7, 11) is 0. The third-order valence-electron chi connectivity index (χ3n) is 6.81. The minimum absolute atomic E-state index is 0.0435. The van der Waals surface area contributed by atoms with Crippen molar-refractivity contribution in [2.75, 3.05) is 0 Å². The number of benzene rings is 2. The number of nitrogens with zero attached hydrogens (tertiary/aromatic N) is 3. The van der Waals surface area contributed by atoms with E-state index in [1.807, 2.05) is 73.3 Å². The second kappa shape index (κ2) is 10.1. The number of hydrogen-bond donors (Lipinski definition) is 0. The predicted octanol–water partition coefficient (Wildman–Crippen LogP) is 5.48. The van der Waals surface area contributed by atoms with Gasteiger partial charge in [0.25, 0.3) is 5.56 Å². The second-order valence-electron chi connectivity index (χ2n) is 8.91. The average molecular weight is 432 g/mol. The summed E-state index contributed by atoms with van der Waals surface area (Å²) in [6, 6.07) is 17.2. The molecule has 1 aromatic heterocycles. The van der Waals surface area contributed by atoms with Crippen molar-refractivity contribution >= 4 is 16.8 Å². The summed E-state index contributed by atoms with van der Waals surface area (Å²) >= 11 is 0. The molecule has 1 heterocycles. The molecule has 5 heteroatoms. The molecule has 0 radical (unpaired) electrons. The first-order chi connectivity index (χ1) is 15.6. The zero-order chi connectivity index (χ0) is 22.5. The number of hydrogen-bond acceptors (Lipinski definition) is 3. The molecule has 5 nitrogen and oxygen atoms in total. The van der Waals surface area contributed by atoms with Crippen LogP contribution in [0.3, 0.4) is 0 Å². The van der Waals surface area contributed by atoms with E-state index < -0.39 is 0 Å². The lowest BCUT2D eigenvalue weighted by Gasteiger charge is -2.31. The Morgan fingerprint density at radius 3 is 2.50 bits per heavy atom. The van der Waals surface area contributed by atoms with Crippen LogP contribution in [0.4, 0.5) is 0 Å². The fourth-order valence-electron chi connectivity index (χ4n) is 4.94. The number of aromatic nitrogens is 2. The molecule has 0 aliphatic heterocycles. The minimum atomic E-state index is -0.302. The average Bonchev–Trinajstić information content (AvgIpc) is 3.35. The van der Waals surface area contributed by atoms with Gasteiger partial charge in [-0.05, 0) is 43.9 Å². The van der Waals surface area contributed by atoms with Crippen LogP contribution in [-0.2, 0) is 17.9 Å². The number of carbonyl (C=O) groups excluding carboxylic acids is 1. The first kappa shape index (κ1) is 22.3. The molecule has 0 saturated heterocycles. The van der Waals surface area contributed by atoms with E-state index >= 15 is 0 Å². The van der Waals surface area contributed by atoms with Gasteiger partial charge in [0.15, 0.2) is 0 Å². The molecule has 4 rings (SSSR count). The van der Waals surface area contributed by atoms with E-state index in [4.69, 9.17) is 4.98 Å². The Labute approximate surface area is 190 Å². The highest BCUT2D eigenvalue weighted by molar-refractivity contribution is 5.78. The monoisotopic (exact) mass is 431 g/mol. The van der Waals surface area contributed by atoms with Crippen LogP contribution in [0.15, 0.2) is 59.4 Å². The van der Waals surface area contributed by atoms with Crippen molar-refractivity contribution in [3.8, 4) is 0 Å². The van der Waals surface area contributed by atoms with Crippen LogP contribution in [-0.4, -0.2) is 20.4 Å². The van der Waals surface area contributed by atoms with Crippen molar-refractivity contribution in [3.05, 3.63) is 76.3 Å². The van der Waals surface area contributed by atoms with Crippen molar-refractivity contribution in [1.82, 2.24) is 14.5 Å². The molecule has 1 amide bonds. The van der Waals surface area contributed by atoms with Crippen LogP contribution in [0.25, 0.3) is 10.9 Å². The van der Waals surface area contributed by atoms with Gasteiger partial charge in [0.2, 0.25) is 5.91 Å². The van der Waals surface area contributed by atoms with E-state index in [0.717, 1.165) is 12.0 Å². The van der Waals surface area contributed by atoms with Crippen LogP contribution in [0.5, 0.6) is 0 Å². The Balaban J connectivity index is 1.68. The number of carbonyl (C=O) groups is 1. The van der Waals surface area contributed by atoms with E-state index in [-0.39, 0.29) is 17.5 Å². The Morgan fingerprint density at radius 2 is 1.78 bits per heavy atom. The third-order valence-corrected chi connectivity index (χ3v) is 6.81. The standard InChI is InChI=1S/C27H33N3O2/c1-3-29-26(28-24-16-10-9-15-23(24)27(29)32)20(2)30(19-22-13-5-4-6-14-22)25(31)18-17-21-11-7-8-12-21/h4-6,9-10,13-16,20-21H,3,7-8,11-12,17-19H2,1-2H3. The normalized spacial score (nSPS) is 15.2. The lowest BCUT2D eigenvalue weighted by molar-refractivity contribution is -0.134. The molecular weight excluding hydrogens is 398 g/mol. The summed E-state index contributed by atoms with van der Waals surface area (Å²) < 4.78 is 1.72. The van der Waals surface area contributed by atoms with Gasteiger partial charge in [0, 0.05) is 19.5 Å². The van der Waals surface area contributed by atoms with E-state index in [1.54, 1.807) is 4.57 Å². The van der Waals surface area contributed by atoms with Gasteiger partial charge in [-0.15, -0.1) is 0 Å². The highest BCUT2D eigenvalue weighted by Crippen LogP contribution is 2.30. The maximum absolute atomic E-state index is 13.5. The summed E-state index contributed by atoms with van der Waals surface area (Å²) in [6.45, 7) is 4.99. The van der Waals surface area contributed by atoms with Crippen molar-refractivity contribution in [1.29, 1.82) is 0 Å². The van der Waals surface area contributed by atoms with Crippen molar-refractivity contribution in [2.24, 2.45) is 5.92 Å². The molecule has 1 fully saturated rings. The summed E-state index contributed by atoms with van der Waals surface area (Å²) in [5, 5.41) is 0.618. The van der Waals surface area contributed by atoms with Gasteiger partial charge in [-0.3, -0.25) is 14.2 Å². The Bertz CT molecular complexity index is 1120. The lowest BCUT2D eigenvalue weighted by atomic mass is 10.0. The van der Waals surface area contributed by atoms with Crippen LogP contribution in [0, 0.1) is 5.92 Å². The quantitative estimate of drug-likeness (QED) is 0.475. The molecule has 1 unspecified atom stereocenters. The molecule has 0 spiro atoms. The largest absolute Gasteiger partial charge is 0.328 e. The molecule has 0 bridgehead atoms. The molecule has 1 aliphatic rings. The fraction of sp³-hybridized carbons (Fsp3) is 0.444. The van der Waals surface area contributed by atoms with Crippen molar-refractivity contribution in [2.45, 2.75) is 71.5 Å². The van der Waals surface area contributed by atoms with Gasteiger partial charge in [-0.25, -0.2) is 4.98 Å². The molecule has 1 saturated carbocycles. The van der Waals surface area contributed by atoms with Crippen LogP contribution in [0.2, 0.25) is 0 Å². The molecule has 0 N–H and O–H groups in total. The third kappa shape index (κ3) is 4.77. The fourth-order valence-corrected chi connectivity index (χ4v) is 4.94. The predicted molar refractivity (Wildman–Crippen MR) is 128 cm³/mol. The van der Waals surface area contributed by atoms with Crippen molar-refractivity contribution < 1.29 is 4.79 Å². The van der Waals surface area contributed by atoms with Gasteiger partial charge in [-0.1, -0.05) is 68.1 Å². The lowest BCUT2D eigenvalue weighted by Crippen LogP contribution is -2.37. The molecule has 2 aromatic carbocycles. The van der Waals surface area contributed by atoms with E-state index in [9.17, 15) is 9.59 Å². The molecule has 1 atom stereocenters. The Hall–Kier alpha value is -2.95. The van der Waals surface area contributed by atoms with Gasteiger partial charge in [0.05, 0.1) is 16.9 Å². The molecule has 168 valence electrons. The maximum atomic E-state index is 13.5. The van der Waals surface area contributed by atoms with Crippen LogP contribution >= 0.6 is 0 Å². The van der Waals surface area contributed by atoms with E-state index in [1.165, 1.54) is 25.7 Å². The number of rotatable bonds is 8. The highest BCUT2D eigenvalue weighted by atomic mass is 16.2. The van der Waals surface area contributed by atoms with Crippen LogP contribution in [0.1, 0.15) is 69.8 Å². The molecule has 3 aromatic rings. The summed E-state index contributed by atoms with van der Waals surface area (Å²) in [6.07, 6.45) is 6.54. The second-order valence-corrected chi connectivity index (χ2v) is 8.91.